The van der Waals surface area contributed by atoms with Crippen molar-refractivity contribution in [1.29, 1.82) is 0 Å². The molecule has 0 heterocycles. The van der Waals surface area contributed by atoms with Gasteiger partial charge in [0.05, 0.1) is 0 Å². The zero-order valence-electron chi connectivity index (χ0n) is 11.4. The van der Waals surface area contributed by atoms with Gasteiger partial charge < -0.3 is 57.9 Å². The average molecular weight is 394 g/mol. The molecule has 0 saturated carbocycles. The number of halogens is 12. The van der Waals surface area contributed by atoms with Crippen molar-refractivity contribution in [3.05, 3.63) is 35.9 Å². The SMILES string of the molecule is Cc1ccccc1.F[B-](F)(F)F.F[B-](F)(F)F.F[B-](F)(F)F.N.[NaH]. The van der Waals surface area contributed by atoms with Crippen LogP contribution in [-0.2, 0) is 0 Å². The fourth-order valence-corrected chi connectivity index (χ4v) is 0.534. The van der Waals surface area contributed by atoms with Gasteiger partial charge in [0.1, 0.15) is 0 Å². The predicted octanol–water partition coefficient (Wildman–Crippen LogP) is 5.41. The third kappa shape index (κ3) is 160. The van der Waals surface area contributed by atoms with Crippen LogP contribution in [0.4, 0.5) is 51.8 Å². The van der Waals surface area contributed by atoms with Crippen molar-refractivity contribution in [2.24, 2.45) is 0 Å². The third-order valence-corrected chi connectivity index (χ3v) is 0.940. The van der Waals surface area contributed by atoms with Gasteiger partial charge in [-0.1, -0.05) is 35.9 Å². The van der Waals surface area contributed by atoms with E-state index in [-0.39, 0.29) is 35.7 Å². The van der Waals surface area contributed by atoms with Crippen LogP contribution in [0.25, 0.3) is 0 Å². The first kappa shape index (κ1) is 34.8. The molecule has 0 bridgehead atoms. The second-order valence-electron chi connectivity index (χ2n) is 3.14. The fourth-order valence-electron chi connectivity index (χ4n) is 0.534. The van der Waals surface area contributed by atoms with Gasteiger partial charge in [-0.15, -0.1) is 0 Å². The van der Waals surface area contributed by atoms with Gasteiger partial charge in [-0.3, -0.25) is 0 Å². The van der Waals surface area contributed by atoms with Gasteiger partial charge in [-0.2, -0.15) is 0 Å². The minimum atomic E-state index is -6.00. The Kier molecular flexibility index (Phi) is 23.2. The van der Waals surface area contributed by atoms with Crippen molar-refractivity contribution in [2.75, 3.05) is 0 Å². The molecule has 1 aromatic rings. The molecule has 1 nitrogen and oxygen atoms in total. The first-order valence-corrected chi connectivity index (χ1v) is 5.03. The number of rotatable bonds is 0. The van der Waals surface area contributed by atoms with Crippen LogP contribution in [0.2, 0.25) is 0 Å². The van der Waals surface area contributed by atoms with Crippen LogP contribution >= 0.6 is 0 Å². The molecule has 0 unspecified atom stereocenters. The molecule has 0 aliphatic carbocycles. The zero-order valence-corrected chi connectivity index (χ0v) is 11.4. The fraction of sp³-hybridized carbons (Fsp3) is 0.143. The van der Waals surface area contributed by atoms with Crippen LogP contribution in [0, 0.1) is 6.92 Å². The molecule has 0 aromatic heterocycles. The molecule has 0 aliphatic heterocycles. The Labute approximate surface area is 152 Å². The topological polar surface area (TPSA) is 35.0 Å². The average Bonchev–Trinajstić information content (AvgIpc) is 2.09. The molecule has 142 valence electrons. The van der Waals surface area contributed by atoms with Gasteiger partial charge in [0.2, 0.25) is 0 Å². The second kappa shape index (κ2) is 16.0. The molecule has 1 rings (SSSR count). The summed E-state index contributed by atoms with van der Waals surface area (Å²) in [5.74, 6) is 0. The van der Waals surface area contributed by atoms with Crippen LogP contribution in [0.3, 0.4) is 0 Å². The first-order chi connectivity index (χ1) is 9.39. The Morgan fingerprint density at radius 1 is 0.542 bits per heavy atom. The maximum atomic E-state index is 9.75. The molecule has 0 aliphatic rings. The minimum absolute atomic E-state index is 0. The van der Waals surface area contributed by atoms with Crippen LogP contribution in [-0.4, -0.2) is 51.3 Å². The molecule has 0 radical (unpaired) electrons. The molecule has 3 N–H and O–H groups in total. The molecule has 0 spiro atoms. The maximum absolute atomic E-state index is 9.75. The molecule has 0 saturated heterocycles. The van der Waals surface area contributed by atoms with Gasteiger partial charge in [0.15, 0.2) is 0 Å². The molecule has 1 aromatic carbocycles. The summed E-state index contributed by atoms with van der Waals surface area (Å²) < 4.78 is 117. The first-order valence-electron chi connectivity index (χ1n) is 5.03. The number of benzene rings is 1. The molecule has 24 heavy (non-hydrogen) atoms. The Morgan fingerprint density at radius 3 is 0.792 bits per heavy atom. The van der Waals surface area contributed by atoms with Gasteiger partial charge in [-0.05, 0) is 6.92 Å². The van der Waals surface area contributed by atoms with E-state index in [0.717, 1.165) is 0 Å². The van der Waals surface area contributed by atoms with E-state index in [4.69, 9.17) is 0 Å². The van der Waals surface area contributed by atoms with Gasteiger partial charge in [0.25, 0.3) is 0 Å². The van der Waals surface area contributed by atoms with Crippen molar-refractivity contribution in [3.8, 4) is 0 Å². The van der Waals surface area contributed by atoms with Crippen LogP contribution in [0.15, 0.2) is 30.3 Å². The summed E-state index contributed by atoms with van der Waals surface area (Å²) in [4.78, 5) is 0. The monoisotopic (exact) mass is 394 g/mol. The summed E-state index contributed by atoms with van der Waals surface area (Å²) in [6, 6.07) is 10.3. The Morgan fingerprint density at radius 2 is 0.708 bits per heavy atom. The Bertz CT molecular complexity index is 321. The Balaban J connectivity index is -0.0000000661. The quantitative estimate of drug-likeness (QED) is 0.464. The number of hydrogen-bond acceptors (Lipinski definition) is 1. The predicted molar refractivity (Wildman–Crippen MR) is 73.9 cm³/mol. The summed E-state index contributed by atoms with van der Waals surface area (Å²) >= 11 is 0. The van der Waals surface area contributed by atoms with Crippen molar-refractivity contribution >= 4 is 51.3 Å². The van der Waals surface area contributed by atoms with Crippen LogP contribution < -0.4 is 6.15 Å². The van der Waals surface area contributed by atoms with E-state index in [1.165, 1.54) is 5.56 Å². The summed E-state index contributed by atoms with van der Waals surface area (Å²) in [6.07, 6.45) is 0. The molecular weight excluding hydrogens is 381 g/mol. The van der Waals surface area contributed by atoms with Crippen LogP contribution in [0.1, 0.15) is 5.56 Å². The zero-order chi connectivity index (χ0) is 18.6. The van der Waals surface area contributed by atoms with E-state index in [0.29, 0.717) is 0 Å². The van der Waals surface area contributed by atoms with E-state index in [1.54, 1.807) is 0 Å². The van der Waals surface area contributed by atoms with E-state index in [1.807, 2.05) is 18.2 Å². The summed E-state index contributed by atoms with van der Waals surface area (Å²) in [5, 5.41) is 0. The molecule has 0 fully saturated rings. The molecule has 0 amide bonds. The number of aryl methyl sites for hydroxylation is 1. The standard InChI is InChI=1S/C7H8.3BF4.H3N.Na.H/c1-7-5-3-2-4-6-7;3*2-1(3,4)5;;;/h2-6H,1H3;;;;1H3;;/q;3*-1;;;. The van der Waals surface area contributed by atoms with Crippen molar-refractivity contribution in [1.82, 2.24) is 6.15 Å². The van der Waals surface area contributed by atoms with Gasteiger partial charge in [-0.25, -0.2) is 0 Å². The summed E-state index contributed by atoms with van der Waals surface area (Å²) in [6.45, 7) is 2.08. The molecule has 0 atom stereocenters. The third-order valence-electron chi connectivity index (χ3n) is 0.940. The molecular formula is C7H12B3F12NNa-3. The number of hydrogen-bond donors (Lipinski definition) is 1. The molecule has 17 heteroatoms. The van der Waals surface area contributed by atoms with E-state index in [2.05, 4.69) is 19.1 Å². The van der Waals surface area contributed by atoms with Gasteiger partial charge >= 0.3 is 51.3 Å². The van der Waals surface area contributed by atoms with E-state index < -0.39 is 21.8 Å². The van der Waals surface area contributed by atoms with E-state index in [9.17, 15) is 51.8 Å². The Hall–Kier alpha value is -0.465. The van der Waals surface area contributed by atoms with Crippen molar-refractivity contribution in [2.45, 2.75) is 6.92 Å². The van der Waals surface area contributed by atoms with Crippen LogP contribution in [0.5, 0.6) is 0 Å². The van der Waals surface area contributed by atoms with Crippen molar-refractivity contribution in [3.63, 3.8) is 0 Å². The summed E-state index contributed by atoms with van der Waals surface area (Å²) in [7, 11) is -18.0. The van der Waals surface area contributed by atoms with Crippen molar-refractivity contribution < 1.29 is 51.8 Å². The van der Waals surface area contributed by atoms with E-state index >= 15 is 0 Å². The van der Waals surface area contributed by atoms with Gasteiger partial charge in [0, 0.05) is 0 Å². The summed E-state index contributed by atoms with van der Waals surface area (Å²) in [5.41, 5.74) is 1.32. The normalized spacial score (nSPS) is 10.0. The second-order valence-corrected chi connectivity index (χ2v) is 3.14.